The van der Waals surface area contributed by atoms with Crippen LogP contribution in [0.4, 0.5) is 0 Å². The van der Waals surface area contributed by atoms with E-state index in [9.17, 15) is 0 Å². The third kappa shape index (κ3) is 3.53. The second-order valence-corrected chi connectivity index (χ2v) is 10.1. The number of halogens is 1. The van der Waals surface area contributed by atoms with Gasteiger partial charge in [0.05, 0.1) is 6.61 Å². The first kappa shape index (κ1) is 13.6. The lowest BCUT2D eigenvalue weighted by Crippen LogP contribution is -2.44. The zero-order chi connectivity index (χ0) is 12.0. The predicted octanol–water partition coefficient (Wildman–Crippen LogP) is 3.56. The van der Waals surface area contributed by atoms with Crippen molar-refractivity contribution >= 4 is 24.9 Å². The van der Waals surface area contributed by atoms with Gasteiger partial charge in [-0.15, -0.1) is 11.6 Å². The minimum Gasteiger partial charge on any atom is -0.494 e. The molecule has 0 radical (unpaired) electrons. The molecule has 90 valence electrons. The molecule has 0 fully saturated rings. The minimum absolute atomic E-state index is 0.737. The molecule has 1 aromatic carbocycles. The molecule has 1 aromatic rings. The number of para-hydroxylation sites is 1. The van der Waals surface area contributed by atoms with Crippen molar-refractivity contribution in [1.29, 1.82) is 0 Å². The van der Waals surface area contributed by atoms with Crippen molar-refractivity contribution < 1.29 is 4.74 Å². The summed E-state index contributed by atoms with van der Waals surface area (Å²) in [5, 5.41) is 1.33. The van der Waals surface area contributed by atoms with E-state index in [-0.39, 0.29) is 0 Å². The summed E-state index contributed by atoms with van der Waals surface area (Å²) < 4.78 is 5.84. The number of benzene rings is 1. The lowest BCUT2D eigenvalue weighted by molar-refractivity contribution is 0.311. The topological polar surface area (TPSA) is 9.23 Å². The third-order valence-electron chi connectivity index (χ3n) is 2.71. The molecule has 0 aliphatic heterocycles. The van der Waals surface area contributed by atoms with Gasteiger partial charge in [0.25, 0.3) is 0 Å². The van der Waals surface area contributed by atoms with Gasteiger partial charge in [0.2, 0.25) is 0 Å². The molecule has 0 amide bonds. The molecule has 0 aromatic heterocycles. The molecule has 3 heteroatoms. The third-order valence-corrected chi connectivity index (χ3v) is 7.25. The molecule has 16 heavy (non-hydrogen) atoms. The maximum atomic E-state index is 6.07. The molecule has 0 saturated carbocycles. The Morgan fingerprint density at radius 2 is 1.94 bits per heavy atom. The second kappa shape index (κ2) is 6.31. The van der Waals surface area contributed by atoms with Crippen LogP contribution in [0.25, 0.3) is 0 Å². The zero-order valence-electron chi connectivity index (χ0n) is 10.4. The Bertz CT molecular complexity index is 325. The lowest BCUT2D eigenvalue weighted by Gasteiger charge is -2.22. The molecule has 0 saturated heterocycles. The summed E-state index contributed by atoms with van der Waals surface area (Å²) in [7, 11) is -1.52. The highest BCUT2D eigenvalue weighted by molar-refractivity contribution is 6.94. The van der Waals surface area contributed by atoms with Crippen LogP contribution in [-0.2, 0) is 0 Å². The summed E-state index contributed by atoms with van der Waals surface area (Å²) in [4.78, 5) is 0. The van der Waals surface area contributed by atoms with Gasteiger partial charge in [0.15, 0.2) is 0 Å². The fraction of sp³-hybridized carbons (Fsp3) is 0.538. The van der Waals surface area contributed by atoms with Gasteiger partial charge in [0.1, 0.15) is 13.8 Å². The van der Waals surface area contributed by atoms with E-state index in [2.05, 4.69) is 38.2 Å². The van der Waals surface area contributed by atoms with Crippen LogP contribution in [0.15, 0.2) is 24.3 Å². The zero-order valence-corrected chi connectivity index (χ0v) is 12.2. The second-order valence-electron chi connectivity index (χ2n) is 4.72. The molecule has 0 N–H and O–H groups in total. The van der Waals surface area contributed by atoms with Crippen molar-refractivity contribution in [3.05, 3.63) is 24.3 Å². The monoisotopic (exact) mass is 256 g/mol. The molecule has 0 unspecified atom stereocenters. The molecule has 1 nitrogen and oxygen atoms in total. The highest BCUT2D eigenvalue weighted by Gasteiger charge is 2.25. The molecule has 0 aliphatic rings. The van der Waals surface area contributed by atoms with Gasteiger partial charge in [-0.05, 0) is 17.7 Å². The maximum Gasteiger partial charge on any atom is 0.118 e. The van der Waals surface area contributed by atoms with Crippen molar-refractivity contribution in [3.8, 4) is 5.75 Å². The number of alkyl halides is 1. The van der Waals surface area contributed by atoms with Gasteiger partial charge in [-0.3, -0.25) is 0 Å². The molecule has 1 rings (SSSR count). The predicted molar refractivity (Wildman–Crippen MR) is 74.7 cm³/mol. The Labute approximate surface area is 105 Å². The van der Waals surface area contributed by atoms with E-state index in [1.54, 1.807) is 0 Å². The van der Waals surface area contributed by atoms with Gasteiger partial charge in [-0.25, -0.2) is 0 Å². The quantitative estimate of drug-likeness (QED) is 0.430. The first-order valence-corrected chi connectivity index (χ1v) is 9.64. The Kier molecular flexibility index (Phi) is 5.36. The smallest absolute Gasteiger partial charge is 0.118 e. The number of hydrogen-bond acceptors (Lipinski definition) is 1. The molecule has 0 heterocycles. The largest absolute Gasteiger partial charge is 0.494 e. The summed E-state index contributed by atoms with van der Waals surface area (Å²) in [5.41, 5.74) is 0.737. The lowest BCUT2D eigenvalue weighted by atomic mass is 10.3. The summed E-state index contributed by atoms with van der Waals surface area (Å²) in [6.07, 6.45) is 2.27. The Balaban J connectivity index is 2.83. The Hall–Kier alpha value is -0.473. The Morgan fingerprint density at radius 1 is 1.25 bits per heavy atom. The van der Waals surface area contributed by atoms with E-state index in [4.69, 9.17) is 16.3 Å². The Morgan fingerprint density at radius 3 is 2.56 bits per heavy atom. The highest BCUT2D eigenvalue weighted by Crippen LogP contribution is 2.15. The van der Waals surface area contributed by atoms with E-state index in [1.807, 2.05) is 6.07 Å². The number of rotatable bonds is 6. The van der Waals surface area contributed by atoms with Crippen molar-refractivity contribution in [2.24, 2.45) is 0 Å². The molecule has 0 spiro atoms. The fourth-order valence-corrected chi connectivity index (χ4v) is 3.50. The van der Waals surface area contributed by atoms with Gasteiger partial charge < -0.3 is 4.74 Å². The van der Waals surface area contributed by atoms with Crippen LogP contribution in [0.1, 0.15) is 19.8 Å². The van der Waals surface area contributed by atoms with Crippen molar-refractivity contribution in [1.82, 2.24) is 0 Å². The summed E-state index contributed by atoms with van der Waals surface area (Å²) in [6, 6.07) is 8.33. The standard InChI is InChI=1S/C13H21ClOSi/c1-4-5-10-15-12-8-6-7-9-13(12)16(2,3)11-14/h6-9H,4-5,10-11H2,1-3H3. The van der Waals surface area contributed by atoms with Crippen LogP contribution in [0, 0.1) is 0 Å². The SMILES string of the molecule is CCCCOc1ccccc1[Si](C)(C)CCl. The number of ether oxygens (including phenoxy) is 1. The van der Waals surface area contributed by atoms with Crippen molar-refractivity contribution in [2.75, 3.05) is 12.1 Å². The van der Waals surface area contributed by atoms with E-state index >= 15 is 0 Å². The van der Waals surface area contributed by atoms with Gasteiger partial charge in [-0.1, -0.05) is 44.6 Å². The number of unbranched alkanes of at least 4 members (excludes halogenated alkanes) is 1. The first-order valence-electron chi connectivity index (χ1n) is 5.90. The van der Waals surface area contributed by atoms with E-state index in [0.717, 1.165) is 24.3 Å². The summed E-state index contributed by atoms with van der Waals surface area (Å²) in [5.74, 6) is 1.04. The van der Waals surface area contributed by atoms with Crippen molar-refractivity contribution in [3.63, 3.8) is 0 Å². The first-order chi connectivity index (χ1) is 7.61. The molecule has 0 atom stereocenters. The summed E-state index contributed by atoms with van der Waals surface area (Å²) >= 11 is 6.07. The molecular formula is C13H21ClOSi. The van der Waals surface area contributed by atoms with Gasteiger partial charge in [-0.2, -0.15) is 0 Å². The van der Waals surface area contributed by atoms with Crippen LogP contribution in [0.5, 0.6) is 5.75 Å². The van der Waals surface area contributed by atoms with Crippen LogP contribution < -0.4 is 9.92 Å². The van der Waals surface area contributed by atoms with Crippen LogP contribution >= 0.6 is 11.6 Å². The van der Waals surface area contributed by atoms with Crippen LogP contribution in [0.3, 0.4) is 0 Å². The van der Waals surface area contributed by atoms with Crippen molar-refractivity contribution in [2.45, 2.75) is 32.9 Å². The van der Waals surface area contributed by atoms with E-state index in [1.165, 1.54) is 11.6 Å². The highest BCUT2D eigenvalue weighted by atomic mass is 35.5. The molecule has 0 bridgehead atoms. The van der Waals surface area contributed by atoms with E-state index in [0.29, 0.717) is 0 Å². The molecule has 0 aliphatic carbocycles. The average Bonchev–Trinajstić information content (AvgIpc) is 2.30. The van der Waals surface area contributed by atoms with E-state index < -0.39 is 8.07 Å². The van der Waals surface area contributed by atoms with Gasteiger partial charge in [0, 0.05) is 5.50 Å². The van der Waals surface area contributed by atoms with Crippen LogP contribution in [-0.4, -0.2) is 20.2 Å². The summed E-state index contributed by atoms with van der Waals surface area (Å²) in [6.45, 7) is 7.54. The minimum atomic E-state index is -1.52. The number of hydrogen-bond donors (Lipinski definition) is 0. The maximum absolute atomic E-state index is 6.07. The molecular weight excluding hydrogens is 236 g/mol. The average molecular weight is 257 g/mol. The normalized spacial score (nSPS) is 11.5. The fourth-order valence-electron chi connectivity index (χ4n) is 1.55. The van der Waals surface area contributed by atoms with Gasteiger partial charge >= 0.3 is 0 Å². The van der Waals surface area contributed by atoms with Crippen LogP contribution in [0.2, 0.25) is 13.1 Å².